The minimum absolute atomic E-state index is 0.0422. The molecule has 0 atom stereocenters. The highest BCUT2D eigenvalue weighted by molar-refractivity contribution is 5.82. The summed E-state index contributed by atoms with van der Waals surface area (Å²) in [5.41, 5.74) is 3.24. The Hall–Kier alpha value is -3.17. The highest BCUT2D eigenvalue weighted by Gasteiger charge is 2.47. The van der Waals surface area contributed by atoms with Gasteiger partial charge in [0.05, 0.1) is 23.3 Å². The fourth-order valence-corrected chi connectivity index (χ4v) is 3.52. The summed E-state index contributed by atoms with van der Waals surface area (Å²) >= 11 is 0. The largest absolute Gasteiger partial charge is 0.468 e. The zero-order valence-corrected chi connectivity index (χ0v) is 16.5. The molecule has 0 aromatic carbocycles. The third-order valence-corrected chi connectivity index (χ3v) is 5.02. The molecule has 4 rings (SSSR count). The molecular formula is C20H20F3N5O2. The van der Waals surface area contributed by atoms with Crippen molar-refractivity contribution in [3.63, 3.8) is 0 Å². The van der Waals surface area contributed by atoms with Crippen LogP contribution in [-0.4, -0.2) is 38.9 Å². The van der Waals surface area contributed by atoms with Crippen LogP contribution in [0.1, 0.15) is 35.4 Å². The lowest BCUT2D eigenvalue weighted by Crippen LogP contribution is -2.28. The molecule has 1 fully saturated rings. The number of nitrogens with one attached hydrogen (secondary N) is 1. The summed E-state index contributed by atoms with van der Waals surface area (Å²) < 4.78 is 43.5. The van der Waals surface area contributed by atoms with E-state index in [2.05, 4.69) is 20.4 Å². The topological polar surface area (TPSA) is 81.9 Å². The maximum Gasteiger partial charge on any atom is 0.422 e. The van der Waals surface area contributed by atoms with Crippen molar-refractivity contribution < 1.29 is 22.7 Å². The molecule has 0 aliphatic heterocycles. The lowest BCUT2D eigenvalue weighted by molar-refractivity contribution is -0.154. The van der Waals surface area contributed by atoms with E-state index in [1.54, 1.807) is 17.7 Å². The van der Waals surface area contributed by atoms with Crippen molar-refractivity contribution in [3.8, 4) is 5.88 Å². The number of alkyl halides is 3. The average Bonchev–Trinajstić information content (AvgIpc) is 3.32. The summed E-state index contributed by atoms with van der Waals surface area (Å²) in [4.78, 5) is 19.7. The van der Waals surface area contributed by atoms with Crippen LogP contribution in [0.3, 0.4) is 0 Å². The average molecular weight is 419 g/mol. The Labute approximate surface area is 170 Å². The minimum atomic E-state index is -4.41. The lowest BCUT2D eigenvalue weighted by atomic mass is 10.1. The maximum atomic E-state index is 12.3. The number of hydrogen-bond donors (Lipinski definition) is 1. The van der Waals surface area contributed by atoms with Crippen LogP contribution in [0.25, 0.3) is 10.9 Å². The predicted molar refractivity (Wildman–Crippen MR) is 102 cm³/mol. The summed E-state index contributed by atoms with van der Waals surface area (Å²) in [5, 5.41) is 8.35. The van der Waals surface area contributed by atoms with Crippen LogP contribution in [0.4, 0.5) is 13.2 Å². The third kappa shape index (κ3) is 4.07. The molecule has 1 saturated carbocycles. The van der Waals surface area contributed by atoms with Crippen molar-refractivity contribution >= 4 is 17.3 Å². The van der Waals surface area contributed by atoms with Gasteiger partial charge >= 0.3 is 6.18 Å². The number of pyridine rings is 2. The number of ether oxygens (including phenoxy) is 1. The first-order valence-electron chi connectivity index (χ1n) is 9.41. The number of carbonyl (C=O) groups is 1. The van der Waals surface area contributed by atoms with Crippen molar-refractivity contribution in [2.45, 2.75) is 44.9 Å². The molecule has 1 amide bonds. The molecule has 30 heavy (non-hydrogen) atoms. The molecule has 0 saturated heterocycles. The zero-order chi connectivity index (χ0) is 21.5. The number of fused-ring (bicyclic) bond motifs is 1. The van der Waals surface area contributed by atoms with Crippen LogP contribution in [0.2, 0.25) is 0 Å². The van der Waals surface area contributed by atoms with Crippen molar-refractivity contribution in [2.75, 3.05) is 6.61 Å². The van der Waals surface area contributed by atoms with E-state index in [1.807, 2.05) is 19.2 Å². The Kier molecular flexibility index (Phi) is 4.87. The Balaban J connectivity index is 1.59. The van der Waals surface area contributed by atoms with E-state index < -0.39 is 18.3 Å². The Morgan fingerprint density at radius 3 is 2.70 bits per heavy atom. The molecule has 3 heterocycles. The lowest BCUT2D eigenvalue weighted by Gasteiger charge is -2.14. The Morgan fingerprint density at radius 1 is 1.30 bits per heavy atom. The molecule has 1 N–H and O–H groups in total. The van der Waals surface area contributed by atoms with Crippen molar-refractivity contribution in [1.82, 2.24) is 25.1 Å². The number of aryl methyl sites for hydroxylation is 2. The van der Waals surface area contributed by atoms with Gasteiger partial charge in [-0.25, -0.2) is 4.98 Å². The number of nitrogens with zero attached hydrogens (tertiary/aromatic N) is 4. The van der Waals surface area contributed by atoms with Crippen LogP contribution < -0.4 is 10.1 Å². The number of amides is 1. The van der Waals surface area contributed by atoms with E-state index in [1.165, 1.54) is 6.20 Å². The molecule has 0 radical (unpaired) electrons. The smallest absolute Gasteiger partial charge is 0.422 e. The molecule has 1 aliphatic rings. The Morgan fingerprint density at radius 2 is 2.07 bits per heavy atom. The molecule has 10 heteroatoms. The number of hydrogen-bond acceptors (Lipinski definition) is 5. The first-order chi connectivity index (χ1) is 14.2. The molecule has 158 valence electrons. The molecule has 7 nitrogen and oxygen atoms in total. The molecule has 1 aliphatic carbocycles. The second-order valence-corrected chi connectivity index (χ2v) is 7.59. The normalized spacial score (nSPS) is 15.2. The summed E-state index contributed by atoms with van der Waals surface area (Å²) in [6, 6.07) is 3.61. The second-order valence-electron chi connectivity index (χ2n) is 7.59. The second kappa shape index (κ2) is 7.26. The summed E-state index contributed by atoms with van der Waals surface area (Å²) in [5.74, 6) is -0.0422. The van der Waals surface area contributed by atoms with E-state index in [0.29, 0.717) is 18.5 Å². The highest BCUT2D eigenvalue weighted by Crippen LogP contribution is 2.46. The van der Waals surface area contributed by atoms with E-state index in [9.17, 15) is 18.0 Å². The van der Waals surface area contributed by atoms with Gasteiger partial charge < -0.3 is 10.1 Å². The van der Waals surface area contributed by atoms with Gasteiger partial charge in [-0.1, -0.05) is 0 Å². The number of aromatic nitrogens is 4. The van der Waals surface area contributed by atoms with Gasteiger partial charge in [0.1, 0.15) is 0 Å². The van der Waals surface area contributed by atoms with Crippen LogP contribution in [-0.2, 0) is 16.9 Å². The first-order valence-corrected chi connectivity index (χ1v) is 9.41. The van der Waals surface area contributed by atoms with E-state index >= 15 is 0 Å². The standard InChI is InChI=1S/C20H20F3N5O2/c1-12-5-14(7-24-18(12)30-10-20(21,22)23)8-28-9-15-16(27-28)6-13(2)26-17(15)19(3-4-19)25-11-29/h5-7,9,11H,3-4,8,10H2,1-2H3,(H,25,29). The summed E-state index contributed by atoms with van der Waals surface area (Å²) in [6.07, 6.45) is 1.28. The fraction of sp³-hybridized carbons (Fsp3) is 0.400. The quantitative estimate of drug-likeness (QED) is 0.595. The third-order valence-electron chi connectivity index (χ3n) is 5.02. The van der Waals surface area contributed by atoms with Crippen molar-refractivity contribution in [3.05, 3.63) is 47.0 Å². The Bertz CT molecular complexity index is 1110. The van der Waals surface area contributed by atoms with Gasteiger partial charge in [0.15, 0.2) is 6.61 Å². The van der Waals surface area contributed by atoms with Gasteiger partial charge in [-0.3, -0.25) is 14.5 Å². The minimum Gasteiger partial charge on any atom is -0.468 e. The van der Waals surface area contributed by atoms with Crippen LogP contribution in [0.15, 0.2) is 24.5 Å². The van der Waals surface area contributed by atoms with Crippen molar-refractivity contribution in [1.29, 1.82) is 0 Å². The molecule has 0 spiro atoms. The van der Waals surface area contributed by atoms with Crippen molar-refractivity contribution in [2.24, 2.45) is 0 Å². The van der Waals surface area contributed by atoms with E-state index in [-0.39, 0.29) is 5.88 Å². The molecule has 0 bridgehead atoms. The van der Waals surface area contributed by atoms with Crippen LogP contribution in [0.5, 0.6) is 5.88 Å². The molecule has 3 aromatic rings. The summed E-state index contributed by atoms with van der Waals surface area (Å²) in [7, 11) is 0. The molecular weight excluding hydrogens is 399 g/mol. The van der Waals surface area contributed by atoms with Crippen LogP contribution >= 0.6 is 0 Å². The molecule has 0 unspecified atom stereocenters. The van der Waals surface area contributed by atoms with Gasteiger partial charge in [-0.2, -0.15) is 18.3 Å². The van der Waals surface area contributed by atoms with E-state index in [4.69, 9.17) is 4.74 Å². The van der Waals surface area contributed by atoms with Crippen LogP contribution in [0, 0.1) is 13.8 Å². The van der Waals surface area contributed by atoms with Gasteiger partial charge in [-0.05, 0) is 44.4 Å². The first kappa shape index (κ1) is 20.1. The number of rotatable bonds is 7. The predicted octanol–water partition coefficient (Wildman–Crippen LogP) is 3.17. The van der Waals surface area contributed by atoms with Gasteiger partial charge in [-0.15, -0.1) is 0 Å². The van der Waals surface area contributed by atoms with Gasteiger partial charge in [0.2, 0.25) is 12.3 Å². The zero-order valence-electron chi connectivity index (χ0n) is 16.5. The fourth-order valence-electron chi connectivity index (χ4n) is 3.52. The SMILES string of the molecule is Cc1cc2nn(Cc3cnc(OCC(F)(F)F)c(C)c3)cc2c(C2(NC=O)CC2)n1. The highest BCUT2D eigenvalue weighted by atomic mass is 19.4. The van der Waals surface area contributed by atoms with Gasteiger partial charge in [0, 0.05) is 29.0 Å². The summed E-state index contributed by atoms with van der Waals surface area (Å²) in [6.45, 7) is 2.53. The maximum absolute atomic E-state index is 12.3. The monoisotopic (exact) mass is 419 g/mol. The van der Waals surface area contributed by atoms with Gasteiger partial charge in [0.25, 0.3) is 0 Å². The number of carbonyl (C=O) groups excluding carboxylic acids is 1. The molecule has 3 aromatic heterocycles. The number of halogens is 3. The van der Waals surface area contributed by atoms with E-state index in [0.717, 1.165) is 40.7 Å².